The molecule has 0 N–H and O–H groups in total. The summed E-state index contributed by atoms with van der Waals surface area (Å²) in [7, 11) is 0. The Bertz CT molecular complexity index is 502. The summed E-state index contributed by atoms with van der Waals surface area (Å²) in [4.78, 5) is 12.8. The number of carbonyl (C=O) groups excluding carboxylic acids is 1. The molecule has 0 spiro atoms. The first-order chi connectivity index (χ1) is 8.10. The van der Waals surface area contributed by atoms with Crippen LogP contribution in [0.2, 0.25) is 0 Å². The molecule has 0 heterocycles. The number of hydrogen-bond donors (Lipinski definition) is 0. The summed E-state index contributed by atoms with van der Waals surface area (Å²) in [6.07, 6.45) is 0. The van der Waals surface area contributed by atoms with Crippen molar-refractivity contribution in [1.82, 2.24) is 4.90 Å². The van der Waals surface area contributed by atoms with Crippen molar-refractivity contribution in [2.75, 3.05) is 13.1 Å². The zero-order valence-electron chi connectivity index (χ0n) is 8.65. The maximum Gasteiger partial charge on any atom is 0.258 e. The van der Waals surface area contributed by atoms with Gasteiger partial charge in [-0.3, -0.25) is 4.79 Å². The Morgan fingerprint density at radius 2 is 1.94 bits per heavy atom. The Labute approximate surface area is 106 Å². The van der Waals surface area contributed by atoms with Gasteiger partial charge < -0.3 is 4.90 Å². The SMILES string of the molecule is N#CCN(CC#N)C(=O)c1ccc(Br)cc1F. The fourth-order valence-electron chi connectivity index (χ4n) is 1.20. The molecule has 0 radical (unpaired) electrons. The lowest BCUT2D eigenvalue weighted by molar-refractivity contribution is 0.0790. The first kappa shape index (κ1) is 13.1. The summed E-state index contributed by atoms with van der Waals surface area (Å²) in [5, 5.41) is 17.0. The third kappa shape index (κ3) is 3.27. The quantitative estimate of drug-likeness (QED) is 0.802. The van der Waals surface area contributed by atoms with E-state index < -0.39 is 11.7 Å². The van der Waals surface area contributed by atoms with Gasteiger partial charge in [0.05, 0.1) is 17.7 Å². The third-order valence-corrected chi connectivity index (χ3v) is 2.47. The fraction of sp³-hybridized carbons (Fsp3) is 0.182. The van der Waals surface area contributed by atoms with Crippen molar-refractivity contribution in [3.05, 3.63) is 34.1 Å². The van der Waals surface area contributed by atoms with Gasteiger partial charge in [-0.1, -0.05) is 15.9 Å². The van der Waals surface area contributed by atoms with Crippen LogP contribution in [-0.2, 0) is 0 Å². The minimum Gasteiger partial charge on any atom is -0.312 e. The van der Waals surface area contributed by atoms with Gasteiger partial charge in [-0.15, -0.1) is 0 Å². The van der Waals surface area contributed by atoms with Gasteiger partial charge in [0.2, 0.25) is 0 Å². The molecule has 1 aromatic carbocycles. The van der Waals surface area contributed by atoms with Crippen LogP contribution in [-0.4, -0.2) is 23.9 Å². The van der Waals surface area contributed by atoms with Gasteiger partial charge in [0, 0.05) is 4.47 Å². The van der Waals surface area contributed by atoms with E-state index in [1.807, 2.05) is 0 Å². The fourth-order valence-corrected chi connectivity index (χ4v) is 1.54. The zero-order valence-corrected chi connectivity index (χ0v) is 10.2. The second-order valence-electron chi connectivity index (χ2n) is 3.10. The van der Waals surface area contributed by atoms with Crippen molar-refractivity contribution < 1.29 is 9.18 Å². The molecule has 86 valence electrons. The highest BCUT2D eigenvalue weighted by atomic mass is 79.9. The van der Waals surface area contributed by atoms with Crippen molar-refractivity contribution in [2.24, 2.45) is 0 Å². The van der Waals surface area contributed by atoms with Gasteiger partial charge >= 0.3 is 0 Å². The standard InChI is InChI=1S/C11H7BrFN3O/c12-8-1-2-9(10(13)7-8)11(17)16(5-3-14)6-4-15/h1-2,7H,5-6H2. The Morgan fingerprint density at radius 3 is 2.41 bits per heavy atom. The summed E-state index contributed by atoms with van der Waals surface area (Å²) >= 11 is 3.07. The predicted octanol–water partition coefficient (Wildman–Crippen LogP) is 2.08. The maximum atomic E-state index is 13.5. The van der Waals surface area contributed by atoms with Crippen LogP contribution in [0, 0.1) is 28.5 Å². The summed E-state index contributed by atoms with van der Waals surface area (Å²) < 4.78 is 14.0. The lowest BCUT2D eigenvalue weighted by Gasteiger charge is -2.16. The van der Waals surface area contributed by atoms with E-state index in [-0.39, 0.29) is 18.7 Å². The average molecular weight is 296 g/mol. The molecule has 0 saturated heterocycles. The molecule has 0 unspecified atom stereocenters. The summed E-state index contributed by atoms with van der Waals surface area (Å²) in [6.45, 7) is -0.496. The van der Waals surface area contributed by atoms with Gasteiger partial charge in [-0.25, -0.2) is 4.39 Å². The lowest BCUT2D eigenvalue weighted by atomic mass is 10.2. The van der Waals surface area contributed by atoms with Crippen LogP contribution < -0.4 is 0 Å². The lowest BCUT2D eigenvalue weighted by Crippen LogP contribution is -2.32. The monoisotopic (exact) mass is 295 g/mol. The second kappa shape index (κ2) is 5.97. The molecule has 1 aromatic rings. The van der Waals surface area contributed by atoms with Crippen LogP contribution in [0.3, 0.4) is 0 Å². The smallest absolute Gasteiger partial charge is 0.258 e. The zero-order chi connectivity index (χ0) is 12.8. The third-order valence-electron chi connectivity index (χ3n) is 1.97. The van der Waals surface area contributed by atoms with E-state index >= 15 is 0 Å². The maximum absolute atomic E-state index is 13.5. The number of nitrogens with zero attached hydrogens (tertiary/aromatic N) is 3. The molecule has 1 amide bonds. The van der Waals surface area contributed by atoms with Gasteiger partial charge in [-0.05, 0) is 18.2 Å². The molecule has 0 fully saturated rings. The number of halogens is 2. The molecule has 0 bridgehead atoms. The molecule has 1 rings (SSSR count). The number of benzene rings is 1. The molecule has 0 aliphatic carbocycles. The number of hydrogen-bond acceptors (Lipinski definition) is 3. The number of rotatable bonds is 3. The van der Waals surface area contributed by atoms with Crippen molar-refractivity contribution >= 4 is 21.8 Å². The van der Waals surface area contributed by atoms with Crippen LogP contribution in [0.15, 0.2) is 22.7 Å². The van der Waals surface area contributed by atoms with Crippen LogP contribution in [0.1, 0.15) is 10.4 Å². The molecule has 4 nitrogen and oxygen atoms in total. The first-order valence-corrected chi connectivity index (χ1v) is 5.37. The number of carbonyl (C=O) groups is 1. The van der Waals surface area contributed by atoms with Gasteiger partial charge in [0.1, 0.15) is 18.9 Å². The van der Waals surface area contributed by atoms with E-state index in [4.69, 9.17) is 10.5 Å². The highest BCUT2D eigenvalue weighted by molar-refractivity contribution is 9.10. The average Bonchev–Trinajstić information content (AvgIpc) is 2.28. The van der Waals surface area contributed by atoms with Crippen LogP contribution >= 0.6 is 15.9 Å². The molecule has 0 atom stereocenters. The number of nitriles is 2. The van der Waals surface area contributed by atoms with E-state index in [2.05, 4.69) is 15.9 Å². The van der Waals surface area contributed by atoms with Crippen molar-refractivity contribution in [3.8, 4) is 12.1 Å². The van der Waals surface area contributed by atoms with E-state index in [0.29, 0.717) is 4.47 Å². The molecular weight excluding hydrogens is 289 g/mol. The molecule has 0 saturated carbocycles. The van der Waals surface area contributed by atoms with Crippen molar-refractivity contribution in [2.45, 2.75) is 0 Å². The summed E-state index contributed by atoms with van der Waals surface area (Å²) in [5.74, 6) is -1.36. The Morgan fingerprint density at radius 1 is 1.35 bits per heavy atom. The topological polar surface area (TPSA) is 67.9 Å². The first-order valence-electron chi connectivity index (χ1n) is 4.58. The molecule has 0 aliphatic heterocycles. The van der Waals surface area contributed by atoms with Crippen molar-refractivity contribution in [1.29, 1.82) is 10.5 Å². The Balaban J connectivity index is 3.02. The minimum absolute atomic E-state index is 0.154. The minimum atomic E-state index is -0.690. The summed E-state index contributed by atoms with van der Waals surface area (Å²) in [5.41, 5.74) is -0.154. The van der Waals surface area contributed by atoms with Gasteiger partial charge in [-0.2, -0.15) is 10.5 Å². The molecular formula is C11H7BrFN3O. The van der Waals surface area contributed by atoms with E-state index in [1.165, 1.54) is 12.1 Å². The number of amides is 1. The van der Waals surface area contributed by atoms with E-state index in [1.54, 1.807) is 12.1 Å². The molecule has 6 heteroatoms. The Kier molecular flexibility index (Phi) is 4.62. The normalized spacial score (nSPS) is 9.18. The highest BCUT2D eigenvalue weighted by Gasteiger charge is 2.18. The van der Waals surface area contributed by atoms with E-state index in [0.717, 1.165) is 11.0 Å². The molecule has 0 aromatic heterocycles. The Hall–Kier alpha value is -1.92. The highest BCUT2D eigenvalue weighted by Crippen LogP contribution is 2.16. The van der Waals surface area contributed by atoms with Crippen LogP contribution in [0.4, 0.5) is 4.39 Å². The molecule has 0 aliphatic rings. The van der Waals surface area contributed by atoms with Gasteiger partial charge in [0.25, 0.3) is 5.91 Å². The largest absolute Gasteiger partial charge is 0.312 e. The molecule has 17 heavy (non-hydrogen) atoms. The summed E-state index contributed by atoms with van der Waals surface area (Å²) in [6, 6.07) is 7.50. The van der Waals surface area contributed by atoms with Crippen LogP contribution in [0.5, 0.6) is 0 Å². The van der Waals surface area contributed by atoms with Crippen molar-refractivity contribution in [3.63, 3.8) is 0 Å². The second-order valence-corrected chi connectivity index (χ2v) is 4.02. The van der Waals surface area contributed by atoms with Gasteiger partial charge in [0.15, 0.2) is 0 Å². The van der Waals surface area contributed by atoms with Crippen LogP contribution in [0.25, 0.3) is 0 Å². The van der Waals surface area contributed by atoms with E-state index in [9.17, 15) is 9.18 Å². The predicted molar refractivity (Wildman–Crippen MR) is 61.2 cm³/mol.